The van der Waals surface area contributed by atoms with Gasteiger partial charge in [-0.05, 0) is 24.6 Å². The zero-order valence-corrected chi connectivity index (χ0v) is 10.9. The maximum Gasteiger partial charge on any atom is 0.132 e. The van der Waals surface area contributed by atoms with Crippen LogP contribution in [0.4, 0.5) is 0 Å². The number of thioether (sulfide) groups is 1. The third-order valence-corrected chi connectivity index (χ3v) is 4.61. The van der Waals surface area contributed by atoms with E-state index in [0.717, 1.165) is 12.3 Å². The first kappa shape index (κ1) is 11.8. The van der Waals surface area contributed by atoms with Crippen molar-refractivity contribution in [1.82, 2.24) is 5.32 Å². The molecule has 2 nitrogen and oxygen atoms in total. The van der Waals surface area contributed by atoms with Crippen LogP contribution in [0.15, 0.2) is 23.1 Å². The smallest absolute Gasteiger partial charge is 0.132 e. The Bertz CT molecular complexity index is 367. The van der Waals surface area contributed by atoms with Gasteiger partial charge in [0.1, 0.15) is 5.75 Å². The average Bonchev–Trinajstić information content (AvgIpc) is 2.68. The molecular formula is C13H19NOS. The largest absolute Gasteiger partial charge is 0.496 e. The van der Waals surface area contributed by atoms with E-state index in [1.807, 2.05) is 17.8 Å². The van der Waals surface area contributed by atoms with Gasteiger partial charge in [-0.15, -0.1) is 11.8 Å². The molecule has 88 valence electrons. The van der Waals surface area contributed by atoms with E-state index < -0.39 is 0 Å². The van der Waals surface area contributed by atoms with Crippen molar-refractivity contribution in [2.45, 2.75) is 36.5 Å². The molecule has 0 saturated carbocycles. The number of rotatable bonds is 4. The second-order valence-electron chi connectivity index (χ2n) is 3.98. The number of methoxy groups -OCH3 is 1. The van der Waals surface area contributed by atoms with Gasteiger partial charge in [0.15, 0.2) is 0 Å². The Morgan fingerprint density at radius 2 is 2.19 bits per heavy atom. The highest BCUT2D eigenvalue weighted by Crippen LogP contribution is 2.49. The van der Waals surface area contributed by atoms with Crippen LogP contribution in [-0.2, 0) is 0 Å². The Morgan fingerprint density at radius 3 is 2.81 bits per heavy atom. The molecule has 3 heteroatoms. The third kappa shape index (κ3) is 1.94. The second kappa shape index (κ2) is 5.11. The summed E-state index contributed by atoms with van der Waals surface area (Å²) in [5.41, 5.74) is 1.40. The normalized spacial score (nSPS) is 23.2. The first-order valence-corrected chi connectivity index (χ1v) is 6.76. The quantitative estimate of drug-likeness (QED) is 0.868. The van der Waals surface area contributed by atoms with E-state index in [-0.39, 0.29) is 0 Å². The highest BCUT2D eigenvalue weighted by atomic mass is 32.2. The van der Waals surface area contributed by atoms with Crippen LogP contribution in [0.2, 0.25) is 0 Å². The monoisotopic (exact) mass is 237 g/mol. The molecular weight excluding hydrogens is 218 g/mol. The summed E-state index contributed by atoms with van der Waals surface area (Å²) in [7, 11) is 1.75. The van der Waals surface area contributed by atoms with Gasteiger partial charge in [0.25, 0.3) is 0 Å². The van der Waals surface area contributed by atoms with Gasteiger partial charge in [-0.2, -0.15) is 0 Å². The molecule has 2 atom stereocenters. The van der Waals surface area contributed by atoms with Crippen molar-refractivity contribution >= 4 is 11.8 Å². The number of hydrogen-bond acceptors (Lipinski definition) is 3. The fraction of sp³-hybridized carbons (Fsp3) is 0.538. The molecule has 2 rings (SSSR count). The van der Waals surface area contributed by atoms with Crippen LogP contribution in [0, 0.1) is 0 Å². The molecule has 0 amide bonds. The molecule has 0 radical (unpaired) electrons. The van der Waals surface area contributed by atoms with Crippen molar-refractivity contribution < 1.29 is 4.74 Å². The summed E-state index contributed by atoms with van der Waals surface area (Å²) < 4.78 is 5.43. The van der Waals surface area contributed by atoms with Crippen LogP contribution in [0.1, 0.15) is 31.9 Å². The first-order chi connectivity index (χ1) is 7.81. The van der Waals surface area contributed by atoms with Crippen LogP contribution >= 0.6 is 11.8 Å². The summed E-state index contributed by atoms with van der Waals surface area (Å²) in [6, 6.07) is 6.83. The lowest BCUT2D eigenvalue weighted by atomic mass is 10.0. The lowest BCUT2D eigenvalue weighted by Crippen LogP contribution is -2.26. The van der Waals surface area contributed by atoms with E-state index in [1.165, 1.54) is 16.9 Å². The van der Waals surface area contributed by atoms with Crippen molar-refractivity contribution in [3.63, 3.8) is 0 Å². The molecule has 16 heavy (non-hydrogen) atoms. The lowest BCUT2D eigenvalue weighted by Gasteiger charge is -2.18. The topological polar surface area (TPSA) is 21.3 Å². The average molecular weight is 237 g/mol. The molecule has 1 N–H and O–H groups in total. The Morgan fingerprint density at radius 1 is 1.38 bits per heavy atom. The molecule has 0 fully saturated rings. The van der Waals surface area contributed by atoms with Crippen molar-refractivity contribution in [2.24, 2.45) is 0 Å². The van der Waals surface area contributed by atoms with Crippen molar-refractivity contribution in [2.75, 3.05) is 13.7 Å². The van der Waals surface area contributed by atoms with E-state index in [2.05, 4.69) is 31.3 Å². The minimum absolute atomic E-state index is 0.477. The molecule has 2 unspecified atom stereocenters. The Labute approximate surface area is 102 Å². The molecule has 1 aliphatic rings. The van der Waals surface area contributed by atoms with Crippen molar-refractivity contribution in [3.8, 4) is 5.75 Å². The van der Waals surface area contributed by atoms with Crippen molar-refractivity contribution in [3.05, 3.63) is 23.8 Å². The standard InChI is InChI=1S/C13H19NOS/c1-4-11-12(14-5-2)9-7-6-8-10(15-3)13(9)16-11/h6-8,11-12,14H,4-5H2,1-3H3. The number of hydrogen-bond donors (Lipinski definition) is 1. The number of fused-ring (bicyclic) bond motifs is 1. The van der Waals surface area contributed by atoms with Gasteiger partial charge < -0.3 is 10.1 Å². The predicted molar refractivity (Wildman–Crippen MR) is 69.3 cm³/mol. The van der Waals surface area contributed by atoms with E-state index in [0.29, 0.717) is 11.3 Å². The number of nitrogens with one attached hydrogen (secondary N) is 1. The lowest BCUT2D eigenvalue weighted by molar-refractivity contribution is 0.403. The number of ether oxygens (including phenoxy) is 1. The molecule has 1 aromatic carbocycles. The molecule has 0 saturated heterocycles. The minimum Gasteiger partial charge on any atom is -0.496 e. The van der Waals surface area contributed by atoms with Crippen LogP contribution in [-0.4, -0.2) is 18.9 Å². The zero-order chi connectivity index (χ0) is 11.5. The maximum atomic E-state index is 5.43. The summed E-state index contributed by atoms with van der Waals surface area (Å²) in [6.45, 7) is 5.42. The SMILES string of the molecule is CCNC1c2cccc(OC)c2SC1CC. The minimum atomic E-state index is 0.477. The predicted octanol–water partition coefficient (Wildman–Crippen LogP) is 3.23. The summed E-state index contributed by atoms with van der Waals surface area (Å²) in [5.74, 6) is 1.02. The fourth-order valence-corrected chi connectivity index (χ4v) is 3.71. The van der Waals surface area contributed by atoms with Gasteiger partial charge in [0, 0.05) is 11.3 Å². The summed E-state index contributed by atoms with van der Waals surface area (Å²) in [4.78, 5) is 1.32. The van der Waals surface area contributed by atoms with Crippen molar-refractivity contribution in [1.29, 1.82) is 0 Å². The van der Waals surface area contributed by atoms with Crippen LogP contribution in [0.3, 0.4) is 0 Å². The Kier molecular flexibility index (Phi) is 3.77. The van der Waals surface area contributed by atoms with E-state index in [9.17, 15) is 0 Å². The van der Waals surface area contributed by atoms with E-state index >= 15 is 0 Å². The first-order valence-electron chi connectivity index (χ1n) is 5.88. The third-order valence-electron chi connectivity index (χ3n) is 3.03. The molecule has 1 aliphatic heterocycles. The molecule has 0 spiro atoms. The number of benzene rings is 1. The summed E-state index contributed by atoms with van der Waals surface area (Å²) in [5, 5.41) is 4.21. The second-order valence-corrected chi connectivity index (χ2v) is 5.23. The Balaban J connectivity index is 2.36. The van der Waals surface area contributed by atoms with E-state index in [4.69, 9.17) is 4.74 Å². The fourth-order valence-electron chi connectivity index (χ4n) is 2.26. The van der Waals surface area contributed by atoms with Gasteiger partial charge >= 0.3 is 0 Å². The molecule has 0 aromatic heterocycles. The molecule has 1 aromatic rings. The molecule has 1 heterocycles. The van der Waals surface area contributed by atoms with Gasteiger partial charge in [-0.1, -0.05) is 26.0 Å². The van der Waals surface area contributed by atoms with Crippen LogP contribution in [0.5, 0.6) is 5.75 Å². The maximum absolute atomic E-state index is 5.43. The van der Waals surface area contributed by atoms with Gasteiger partial charge in [0.2, 0.25) is 0 Å². The van der Waals surface area contributed by atoms with Gasteiger partial charge in [0.05, 0.1) is 12.0 Å². The molecule has 0 bridgehead atoms. The van der Waals surface area contributed by atoms with Gasteiger partial charge in [-0.3, -0.25) is 0 Å². The summed E-state index contributed by atoms with van der Waals surface area (Å²) in [6.07, 6.45) is 1.18. The van der Waals surface area contributed by atoms with Crippen LogP contribution in [0.25, 0.3) is 0 Å². The zero-order valence-electron chi connectivity index (χ0n) is 10.1. The van der Waals surface area contributed by atoms with E-state index in [1.54, 1.807) is 7.11 Å². The Hall–Kier alpha value is -0.670. The highest BCUT2D eigenvalue weighted by Gasteiger charge is 2.33. The van der Waals surface area contributed by atoms with Gasteiger partial charge in [-0.25, -0.2) is 0 Å². The van der Waals surface area contributed by atoms with Crippen LogP contribution < -0.4 is 10.1 Å². The molecule has 0 aliphatic carbocycles. The highest BCUT2D eigenvalue weighted by molar-refractivity contribution is 8.00. The summed E-state index contributed by atoms with van der Waals surface area (Å²) >= 11 is 1.95.